The average molecular weight is 471 g/mol. The molecule has 0 spiro atoms. The highest BCUT2D eigenvalue weighted by atomic mass is 35.5. The van der Waals surface area contributed by atoms with Crippen molar-refractivity contribution in [3.63, 3.8) is 0 Å². The summed E-state index contributed by atoms with van der Waals surface area (Å²) in [6.45, 7) is 14.8. The van der Waals surface area contributed by atoms with Gasteiger partial charge in [-0.1, -0.05) is 46.5 Å². The van der Waals surface area contributed by atoms with Gasteiger partial charge in [0.1, 0.15) is 0 Å². The van der Waals surface area contributed by atoms with Crippen LogP contribution in [-0.2, 0) is 0 Å². The van der Waals surface area contributed by atoms with Crippen molar-refractivity contribution in [2.45, 2.75) is 91.6 Å². The molecule has 0 heterocycles. The lowest BCUT2D eigenvalue weighted by molar-refractivity contribution is 0.295. The summed E-state index contributed by atoms with van der Waals surface area (Å²) >= 11 is 0. The van der Waals surface area contributed by atoms with E-state index in [9.17, 15) is 0 Å². The zero-order chi connectivity index (χ0) is 19.2. The first-order valence-corrected chi connectivity index (χ1v) is 10.9. The van der Waals surface area contributed by atoms with E-state index in [1.165, 1.54) is 62.9 Å². The number of hydrogen-bond donors (Lipinski definition) is 2. The van der Waals surface area contributed by atoms with Crippen LogP contribution in [0.4, 0.5) is 11.4 Å². The number of unbranched alkanes of at least 4 members (excludes halogenated alkanes) is 3. The first-order valence-electron chi connectivity index (χ1n) is 10.9. The standard InChI is InChI=1S/C23H43N3.3ClH/c1-6-9-10-11-13-20(4)24-22-15-17-23(18-16-22)25-21(5)14-12-19-26(7-2)8-3;;;/h15-18,20-21,24-25H,6-14,19H2,1-5H3;3*1H. The van der Waals surface area contributed by atoms with Crippen molar-refractivity contribution in [1.29, 1.82) is 0 Å². The zero-order valence-corrected chi connectivity index (χ0v) is 21.7. The van der Waals surface area contributed by atoms with Gasteiger partial charge in [-0.15, -0.1) is 37.2 Å². The van der Waals surface area contributed by atoms with Crippen LogP contribution in [0, 0.1) is 0 Å². The number of hydrogen-bond acceptors (Lipinski definition) is 3. The number of benzene rings is 1. The third-order valence-corrected chi connectivity index (χ3v) is 5.21. The van der Waals surface area contributed by atoms with Crippen molar-refractivity contribution in [2.75, 3.05) is 30.3 Å². The molecule has 0 saturated carbocycles. The molecule has 2 N–H and O–H groups in total. The molecule has 1 aromatic rings. The maximum atomic E-state index is 3.63. The van der Waals surface area contributed by atoms with Gasteiger partial charge in [0.15, 0.2) is 0 Å². The molecular formula is C23H46Cl3N3. The minimum atomic E-state index is 0. The summed E-state index contributed by atoms with van der Waals surface area (Å²) in [7, 11) is 0. The minimum absolute atomic E-state index is 0. The van der Waals surface area contributed by atoms with E-state index in [1.807, 2.05) is 0 Å². The smallest absolute Gasteiger partial charge is 0.0343 e. The van der Waals surface area contributed by atoms with Crippen molar-refractivity contribution >= 4 is 48.6 Å². The minimum Gasteiger partial charge on any atom is -0.383 e. The van der Waals surface area contributed by atoms with Crippen LogP contribution in [0.15, 0.2) is 24.3 Å². The Balaban J connectivity index is -0.00000225. The number of halogens is 3. The molecule has 0 aliphatic rings. The van der Waals surface area contributed by atoms with Gasteiger partial charge in [0.25, 0.3) is 0 Å². The van der Waals surface area contributed by atoms with Gasteiger partial charge in [0, 0.05) is 23.5 Å². The number of nitrogens with one attached hydrogen (secondary N) is 2. The Bertz CT molecular complexity index is 453. The molecule has 0 aliphatic heterocycles. The van der Waals surface area contributed by atoms with Crippen LogP contribution in [-0.4, -0.2) is 36.6 Å². The van der Waals surface area contributed by atoms with Crippen molar-refractivity contribution in [3.8, 4) is 0 Å². The maximum absolute atomic E-state index is 3.63. The fourth-order valence-corrected chi connectivity index (χ4v) is 3.41. The van der Waals surface area contributed by atoms with E-state index in [0.717, 1.165) is 13.1 Å². The Morgan fingerprint density at radius 2 is 1.14 bits per heavy atom. The molecular weight excluding hydrogens is 425 g/mol. The largest absolute Gasteiger partial charge is 0.383 e. The Morgan fingerprint density at radius 1 is 0.690 bits per heavy atom. The fourth-order valence-electron chi connectivity index (χ4n) is 3.41. The Kier molecular flexibility index (Phi) is 24.0. The predicted molar refractivity (Wildman–Crippen MR) is 140 cm³/mol. The van der Waals surface area contributed by atoms with Crippen LogP contribution in [0.2, 0.25) is 0 Å². The quantitative estimate of drug-likeness (QED) is 0.258. The van der Waals surface area contributed by atoms with Crippen molar-refractivity contribution in [3.05, 3.63) is 24.3 Å². The summed E-state index contributed by atoms with van der Waals surface area (Å²) < 4.78 is 0. The molecule has 29 heavy (non-hydrogen) atoms. The van der Waals surface area contributed by atoms with Gasteiger partial charge in [0.05, 0.1) is 0 Å². The molecule has 0 saturated heterocycles. The van der Waals surface area contributed by atoms with Gasteiger partial charge in [-0.25, -0.2) is 0 Å². The lowest BCUT2D eigenvalue weighted by atomic mass is 10.1. The van der Waals surface area contributed by atoms with E-state index in [2.05, 4.69) is 74.4 Å². The van der Waals surface area contributed by atoms with Gasteiger partial charge in [-0.2, -0.15) is 0 Å². The molecule has 0 aliphatic carbocycles. The van der Waals surface area contributed by atoms with E-state index in [4.69, 9.17) is 0 Å². The molecule has 0 radical (unpaired) electrons. The Morgan fingerprint density at radius 3 is 1.55 bits per heavy atom. The highest BCUT2D eigenvalue weighted by Gasteiger charge is 2.05. The van der Waals surface area contributed by atoms with Crippen LogP contribution in [0.3, 0.4) is 0 Å². The molecule has 0 bridgehead atoms. The summed E-state index contributed by atoms with van der Waals surface area (Å²) in [4.78, 5) is 2.50. The van der Waals surface area contributed by atoms with E-state index >= 15 is 0 Å². The summed E-state index contributed by atoms with van der Waals surface area (Å²) in [5, 5.41) is 7.26. The highest BCUT2D eigenvalue weighted by molar-refractivity contribution is 5.86. The van der Waals surface area contributed by atoms with Gasteiger partial charge in [-0.3, -0.25) is 0 Å². The summed E-state index contributed by atoms with van der Waals surface area (Å²) in [5.74, 6) is 0. The van der Waals surface area contributed by atoms with Gasteiger partial charge in [0.2, 0.25) is 0 Å². The third-order valence-electron chi connectivity index (χ3n) is 5.21. The van der Waals surface area contributed by atoms with Crippen LogP contribution >= 0.6 is 37.2 Å². The molecule has 3 nitrogen and oxygen atoms in total. The second-order valence-corrected chi connectivity index (χ2v) is 7.69. The highest BCUT2D eigenvalue weighted by Crippen LogP contribution is 2.17. The number of nitrogens with zero attached hydrogens (tertiary/aromatic N) is 1. The van der Waals surface area contributed by atoms with Crippen molar-refractivity contribution in [2.24, 2.45) is 0 Å². The van der Waals surface area contributed by atoms with Crippen LogP contribution in [0.1, 0.15) is 79.6 Å². The van der Waals surface area contributed by atoms with Crippen LogP contribution < -0.4 is 10.6 Å². The fraction of sp³-hybridized carbons (Fsp3) is 0.739. The molecule has 0 fully saturated rings. The van der Waals surface area contributed by atoms with Crippen molar-refractivity contribution < 1.29 is 0 Å². The first-order chi connectivity index (χ1) is 12.6. The van der Waals surface area contributed by atoms with Crippen molar-refractivity contribution in [1.82, 2.24) is 4.90 Å². The molecule has 2 unspecified atom stereocenters. The number of rotatable bonds is 15. The predicted octanol–water partition coefficient (Wildman–Crippen LogP) is 7.65. The molecule has 6 heteroatoms. The van der Waals surface area contributed by atoms with Gasteiger partial charge < -0.3 is 15.5 Å². The average Bonchev–Trinajstić information content (AvgIpc) is 2.64. The number of anilines is 2. The van der Waals surface area contributed by atoms with Gasteiger partial charge in [-0.05, 0) is 77.0 Å². The molecule has 174 valence electrons. The normalized spacial score (nSPS) is 12.2. The van der Waals surface area contributed by atoms with E-state index in [0.29, 0.717) is 12.1 Å². The summed E-state index contributed by atoms with van der Waals surface area (Å²) in [6.07, 6.45) is 9.08. The Labute approximate surface area is 199 Å². The third kappa shape index (κ3) is 16.1. The van der Waals surface area contributed by atoms with Crippen LogP contribution in [0.5, 0.6) is 0 Å². The summed E-state index contributed by atoms with van der Waals surface area (Å²) in [5.41, 5.74) is 2.45. The maximum Gasteiger partial charge on any atom is 0.0343 e. The second-order valence-electron chi connectivity index (χ2n) is 7.69. The van der Waals surface area contributed by atoms with E-state index < -0.39 is 0 Å². The summed E-state index contributed by atoms with van der Waals surface area (Å²) in [6, 6.07) is 9.87. The topological polar surface area (TPSA) is 27.3 Å². The molecule has 0 amide bonds. The second kappa shape index (κ2) is 20.9. The lowest BCUT2D eigenvalue weighted by Crippen LogP contribution is -2.25. The molecule has 1 rings (SSSR count). The zero-order valence-electron chi connectivity index (χ0n) is 19.2. The SMILES string of the molecule is CCCCCCC(C)Nc1ccc(NC(C)CCCN(CC)CC)cc1.Cl.Cl.Cl. The lowest BCUT2D eigenvalue weighted by Gasteiger charge is -2.20. The van der Waals surface area contributed by atoms with Gasteiger partial charge >= 0.3 is 0 Å². The first kappa shape index (κ1) is 33.3. The van der Waals surface area contributed by atoms with E-state index in [-0.39, 0.29) is 37.2 Å². The monoisotopic (exact) mass is 469 g/mol. The molecule has 0 aromatic heterocycles. The molecule has 1 aromatic carbocycles. The van der Waals surface area contributed by atoms with E-state index in [1.54, 1.807) is 0 Å². The molecule has 2 atom stereocenters. The van der Waals surface area contributed by atoms with Crippen LogP contribution in [0.25, 0.3) is 0 Å². The Hall–Kier alpha value is -0.350.